The fourth-order valence-electron chi connectivity index (χ4n) is 2.24. The molecule has 1 aliphatic heterocycles. The summed E-state index contributed by atoms with van der Waals surface area (Å²) >= 11 is 1.34. The Labute approximate surface area is 118 Å². The van der Waals surface area contributed by atoms with Gasteiger partial charge in [0.25, 0.3) is 0 Å². The Morgan fingerprint density at radius 1 is 1.45 bits per heavy atom. The summed E-state index contributed by atoms with van der Waals surface area (Å²) in [5, 5.41) is 9.67. The SMILES string of the molecule is O=C(Cc1cncs1)N1CCCC(O)(C(F)(F)F)CC1. The van der Waals surface area contributed by atoms with Gasteiger partial charge in [0.15, 0.2) is 5.60 Å². The average molecular weight is 308 g/mol. The van der Waals surface area contributed by atoms with Gasteiger partial charge in [0, 0.05) is 30.6 Å². The van der Waals surface area contributed by atoms with E-state index in [0.29, 0.717) is 0 Å². The van der Waals surface area contributed by atoms with Crippen molar-refractivity contribution in [3.8, 4) is 0 Å². The lowest BCUT2D eigenvalue weighted by Crippen LogP contribution is -2.46. The summed E-state index contributed by atoms with van der Waals surface area (Å²) in [6, 6.07) is 0. The van der Waals surface area contributed by atoms with Gasteiger partial charge < -0.3 is 10.0 Å². The van der Waals surface area contributed by atoms with Crippen molar-refractivity contribution in [3.63, 3.8) is 0 Å². The molecule has 1 amide bonds. The maximum atomic E-state index is 12.8. The third kappa shape index (κ3) is 3.29. The van der Waals surface area contributed by atoms with Crippen molar-refractivity contribution in [2.75, 3.05) is 13.1 Å². The molecule has 1 aromatic heterocycles. The molecule has 2 rings (SSSR count). The molecule has 112 valence electrons. The number of carbonyl (C=O) groups is 1. The summed E-state index contributed by atoms with van der Waals surface area (Å²) in [6.07, 6.45) is -3.61. The van der Waals surface area contributed by atoms with Crippen LogP contribution in [0.4, 0.5) is 13.2 Å². The minimum Gasteiger partial charge on any atom is -0.380 e. The van der Waals surface area contributed by atoms with Crippen LogP contribution in [0.15, 0.2) is 11.7 Å². The second kappa shape index (κ2) is 5.69. The van der Waals surface area contributed by atoms with Gasteiger partial charge in [0.05, 0.1) is 11.9 Å². The van der Waals surface area contributed by atoms with Crippen molar-refractivity contribution in [1.82, 2.24) is 9.88 Å². The van der Waals surface area contributed by atoms with Crippen LogP contribution in [0.1, 0.15) is 24.1 Å². The Hall–Kier alpha value is -1.15. The highest BCUT2D eigenvalue weighted by molar-refractivity contribution is 7.09. The molecule has 4 nitrogen and oxygen atoms in total. The number of likely N-dealkylation sites (tertiary alicyclic amines) is 1. The summed E-state index contributed by atoms with van der Waals surface area (Å²) in [7, 11) is 0. The fraction of sp³-hybridized carbons (Fsp3) is 0.667. The Bertz CT molecular complexity index is 464. The Kier molecular flexibility index (Phi) is 4.33. The molecule has 1 N–H and O–H groups in total. The van der Waals surface area contributed by atoms with Gasteiger partial charge in [-0.1, -0.05) is 0 Å². The normalized spacial score (nSPS) is 24.5. The molecular weight excluding hydrogens is 293 g/mol. The standard InChI is InChI=1S/C12H15F3N2O2S/c13-12(14,15)11(19)2-1-4-17(5-3-11)10(18)6-9-7-16-8-20-9/h7-8,19H,1-6H2. The van der Waals surface area contributed by atoms with E-state index in [9.17, 15) is 23.1 Å². The predicted octanol–water partition coefficient (Wildman–Crippen LogP) is 1.99. The number of halogens is 3. The molecule has 1 aliphatic rings. The number of rotatable bonds is 2. The molecule has 1 fully saturated rings. The van der Waals surface area contributed by atoms with Gasteiger partial charge in [0.2, 0.25) is 5.91 Å². The second-order valence-corrected chi connectivity index (χ2v) is 5.88. The summed E-state index contributed by atoms with van der Waals surface area (Å²) in [4.78, 5) is 18.0. The summed E-state index contributed by atoms with van der Waals surface area (Å²) in [5.41, 5.74) is -1.07. The molecule has 0 saturated carbocycles. The molecule has 1 atom stereocenters. The number of nitrogens with zero attached hydrogens (tertiary/aromatic N) is 2. The number of aliphatic hydroxyl groups is 1. The second-order valence-electron chi connectivity index (χ2n) is 4.91. The van der Waals surface area contributed by atoms with Gasteiger partial charge in [-0.15, -0.1) is 11.3 Å². The molecule has 0 radical (unpaired) electrons. The van der Waals surface area contributed by atoms with Crippen molar-refractivity contribution in [2.24, 2.45) is 0 Å². The molecule has 8 heteroatoms. The topological polar surface area (TPSA) is 53.4 Å². The number of thiazole rings is 1. The van der Waals surface area contributed by atoms with Crippen LogP contribution in [0.2, 0.25) is 0 Å². The number of carbonyl (C=O) groups excluding carboxylic acids is 1. The highest BCUT2D eigenvalue weighted by Crippen LogP contribution is 2.38. The predicted molar refractivity (Wildman–Crippen MR) is 67.3 cm³/mol. The monoisotopic (exact) mass is 308 g/mol. The number of aromatic nitrogens is 1. The highest BCUT2D eigenvalue weighted by atomic mass is 32.1. The van der Waals surface area contributed by atoms with Crippen LogP contribution in [0.25, 0.3) is 0 Å². The molecule has 1 aromatic rings. The first-order chi connectivity index (χ1) is 9.32. The van der Waals surface area contributed by atoms with Crippen LogP contribution in [-0.2, 0) is 11.2 Å². The quantitative estimate of drug-likeness (QED) is 0.909. The molecular formula is C12H15F3N2O2S. The average Bonchev–Trinajstić information content (AvgIpc) is 2.75. The maximum absolute atomic E-state index is 12.8. The zero-order valence-electron chi connectivity index (χ0n) is 10.7. The molecule has 20 heavy (non-hydrogen) atoms. The van der Waals surface area contributed by atoms with E-state index in [1.165, 1.54) is 16.2 Å². The number of hydrogen-bond donors (Lipinski definition) is 1. The lowest BCUT2D eigenvalue weighted by atomic mass is 9.94. The van der Waals surface area contributed by atoms with Crippen molar-refractivity contribution >= 4 is 17.2 Å². The van der Waals surface area contributed by atoms with E-state index >= 15 is 0 Å². The van der Waals surface area contributed by atoms with Crippen LogP contribution in [0, 0.1) is 0 Å². The highest BCUT2D eigenvalue weighted by Gasteiger charge is 2.53. The van der Waals surface area contributed by atoms with Crippen LogP contribution in [-0.4, -0.2) is 45.8 Å². The lowest BCUT2D eigenvalue weighted by molar-refractivity contribution is -0.263. The minimum absolute atomic E-state index is 0.0757. The van der Waals surface area contributed by atoms with Crippen molar-refractivity contribution in [1.29, 1.82) is 0 Å². The smallest absolute Gasteiger partial charge is 0.380 e. The Balaban J connectivity index is 1.97. The van der Waals surface area contributed by atoms with Gasteiger partial charge in [0.1, 0.15) is 0 Å². The van der Waals surface area contributed by atoms with E-state index in [1.807, 2.05) is 0 Å². The fourth-order valence-corrected chi connectivity index (χ4v) is 2.83. The Morgan fingerprint density at radius 2 is 2.20 bits per heavy atom. The van der Waals surface area contributed by atoms with Gasteiger partial charge in [-0.2, -0.15) is 13.2 Å². The van der Waals surface area contributed by atoms with Crippen LogP contribution >= 0.6 is 11.3 Å². The molecule has 1 unspecified atom stereocenters. The van der Waals surface area contributed by atoms with Crippen molar-refractivity contribution in [3.05, 3.63) is 16.6 Å². The van der Waals surface area contributed by atoms with Crippen molar-refractivity contribution in [2.45, 2.75) is 37.5 Å². The third-order valence-corrected chi connectivity index (χ3v) is 4.28. The van der Waals surface area contributed by atoms with Gasteiger partial charge >= 0.3 is 6.18 Å². The summed E-state index contributed by atoms with van der Waals surface area (Å²) in [5.74, 6) is -0.222. The zero-order chi connectivity index (χ0) is 14.8. The largest absolute Gasteiger partial charge is 0.417 e. The van der Waals surface area contributed by atoms with Crippen LogP contribution < -0.4 is 0 Å². The third-order valence-electron chi connectivity index (χ3n) is 3.50. The lowest BCUT2D eigenvalue weighted by Gasteiger charge is -2.29. The minimum atomic E-state index is -4.65. The van der Waals surface area contributed by atoms with Gasteiger partial charge in [-0.3, -0.25) is 9.78 Å². The van der Waals surface area contributed by atoms with Gasteiger partial charge in [-0.25, -0.2) is 0 Å². The summed E-state index contributed by atoms with van der Waals surface area (Å²) < 4.78 is 38.3. The van der Waals surface area contributed by atoms with Crippen LogP contribution in [0.5, 0.6) is 0 Å². The first kappa shape index (κ1) is 15.2. The number of amides is 1. The van der Waals surface area contributed by atoms with E-state index in [2.05, 4.69) is 4.98 Å². The first-order valence-electron chi connectivity index (χ1n) is 6.26. The molecule has 0 bridgehead atoms. The summed E-state index contributed by atoms with van der Waals surface area (Å²) in [6.45, 7) is 0.170. The molecule has 0 aliphatic carbocycles. The van der Waals surface area contributed by atoms with E-state index < -0.39 is 18.2 Å². The van der Waals surface area contributed by atoms with E-state index in [4.69, 9.17) is 0 Å². The van der Waals surface area contributed by atoms with E-state index in [-0.39, 0.29) is 38.3 Å². The molecule has 0 spiro atoms. The van der Waals surface area contributed by atoms with Crippen molar-refractivity contribution < 1.29 is 23.1 Å². The first-order valence-corrected chi connectivity index (χ1v) is 7.14. The van der Waals surface area contributed by atoms with Gasteiger partial charge in [-0.05, 0) is 12.8 Å². The van der Waals surface area contributed by atoms with E-state index in [1.54, 1.807) is 11.7 Å². The molecule has 1 saturated heterocycles. The van der Waals surface area contributed by atoms with E-state index in [0.717, 1.165) is 4.88 Å². The molecule has 0 aromatic carbocycles. The molecule has 2 heterocycles. The number of alkyl halides is 3. The Morgan fingerprint density at radius 3 is 2.80 bits per heavy atom. The maximum Gasteiger partial charge on any atom is 0.417 e. The van der Waals surface area contributed by atoms with Crippen LogP contribution in [0.3, 0.4) is 0 Å². The number of hydrogen-bond acceptors (Lipinski definition) is 4. The zero-order valence-corrected chi connectivity index (χ0v) is 11.5.